The van der Waals surface area contributed by atoms with Gasteiger partial charge in [0.05, 0.1) is 33.8 Å². The Hall–Kier alpha value is -4.58. The fraction of sp³-hybridized carbons (Fsp3) is 0.312. The molecule has 2 aromatic carbocycles. The Morgan fingerprint density at radius 1 is 1.14 bits per heavy atom. The molecule has 1 aliphatic heterocycles. The second-order valence-corrected chi connectivity index (χ2v) is 10.8. The largest absolute Gasteiger partial charge is 0.438 e. The lowest BCUT2D eigenvalue weighted by atomic mass is 10.1. The molecule has 1 atom stereocenters. The number of nitrogens with zero attached hydrogens (tertiary/aromatic N) is 5. The zero-order valence-electron chi connectivity index (χ0n) is 24.7. The summed E-state index contributed by atoms with van der Waals surface area (Å²) in [7, 11) is 3.74. The summed E-state index contributed by atoms with van der Waals surface area (Å²) in [6.45, 7) is 5.09. The van der Waals surface area contributed by atoms with Gasteiger partial charge in [0.1, 0.15) is 17.4 Å². The Morgan fingerprint density at radius 2 is 1.93 bits per heavy atom. The number of amides is 1. The first-order chi connectivity index (χ1) is 20.9. The molecule has 0 aliphatic carbocycles. The quantitative estimate of drug-likeness (QED) is 0.222. The zero-order valence-corrected chi connectivity index (χ0v) is 24.7. The summed E-state index contributed by atoms with van der Waals surface area (Å²) in [6.07, 6.45) is -0.0445. The highest BCUT2D eigenvalue weighted by Crippen LogP contribution is 2.38. The molecule has 1 aliphatic rings. The Morgan fingerprint density at radius 3 is 2.64 bits per heavy atom. The van der Waals surface area contributed by atoms with Crippen molar-refractivity contribution < 1.29 is 27.1 Å². The van der Waals surface area contributed by atoms with Gasteiger partial charge in [-0.05, 0) is 81.0 Å². The van der Waals surface area contributed by atoms with Gasteiger partial charge < -0.3 is 19.9 Å². The Balaban J connectivity index is 1.47. The summed E-state index contributed by atoms with van der Waals surface area (Å²) in [4.78, 5) is 30.5. The third-order valence-electron chi connectivity index (χ3n) is 7.65. The lowest BCUT2D eigenvalue weighted by Gasteiger charge is -2.29. The number of rotatable bonds is 8. The summed E-state index contributed by atoms with van der Waals surface area (Å²) in [6, 6.07) is 10.8. The maximum absolute atomic E-state index is 15.2. The molecule has 230 valence electrons. The SMILES string of the molecule is CCc1nccc(-c2cccnc2Oc2cc(C(=O)Nc3cc(C(F)(F)F)ccc3N(C)[C@@H]3CCN(C)C3)c(F)cc2C)n1. The molecule has 0 bridgehead atoms. The number of carbonyl (C=O) groups is 1. The predicted octanol–water partition coefficient (Wildman–Crippen LogP) is 6.75. The number of aromatic nitrogens is 3. The topological polar surface area (TPSA) is 83.5 Å². The maximum atomic E-state index is 15.2. The van der Waals surface area contributed by atoms with Gasteiger partial charge in [0.2, 0.25) is 5.88 Å². The van der Waals surface area contributed by atoms with E-state index in [2.05, 4.69) is 25.2 Å². The maximum Gasteiger partial charge on any atom is 0.416 e. The van der Waals surface area contributed by atoms with Gasteiger partial charge in [-0.25, -0.2) is 19.3 Å². The lowest BCUT2D eigenvalue weighted by Crippen LogP contribution is -2.34. The number of alkyl halides is 3. The van der Waals surface area contributed by atoms with Crippen LogP contribution in [0.15, 0.2) is 60.9 Å². The van der Waals surface area contributed by atoms with Crippen LogP contribution in [0.5, 0.6) is 11.6 Å². The molecule has 44 heavy (non-hydrogen) atoms. The molecule has 1 amide bonds. The van der Waals surface area contributed by atoms with Crippen molar-refractivity contribution in [2.45, 2.75) is 38.9 Å². The third kappa shape index (κ3) is 6.65. The van der Waals surface area contributed by atoms with E-state index in [9.17, 15) is 18.0 Å². The number of nitrogens with one attached hydrogen (secondary N) is 1. The Kier molecular flexibility index (Phi) is 8.82. The number of carbonyl (C=O) groups excluding carboxylic acids is 1. The number of likely N-dealkylation sites (N-methyl/N-ethyl adjacent to an activating group) is 2. The van der Waals surface area contributed by atoms with Gasteiger partial charge >= 0.3 is 6.18 Å². The molecule has 0 spiro atoms. The molecule has 8 nitrogen and oxygen atoms in total. The average Bonchev–Trinajstić information content (AvgIpc) is 3.44. The number of hydrogen-bond acceptors (Lipinski definition) is 7. The van der Waals surface area contributed by atoms with E-state index in [1.54, 1.807) is 38.4 Å². The van der Waals surface area contributed by atoms with Crippen molar-refractivity contribution in [1.82, 2.24) is 19.9 Å². The number of anilines is 2. The molecule has 12 heteroatoms. The molecule has 0 unspecified atom stereocenters. The van der Waals surface area contributed by atoms with Crippen LogP contribution in [-0.4, -0.2) is 59.0 Å². The number of halogens is 4. The van der Waals surface area contributed by atoms with E-state index in [1.807, 2.05) is 18.9 Å². The van der Waals surface area contributed by atoms with Crippen molar-refractivity contribution in [3.05, 3.63) is 89.3 Å². The number of aryl methyl sites for hydroxylation is 2. The first-order valence-electron chi connectivity index (χ1n) is 14.1. The van der Waals surface area contributed by atoms with E-state index in [-0.39, 0.29) is 23.4 Å². The minimum atomic E-state index is -4.64. The molecule has 3 heterocycles. The fourth-order valence-corrected chi connectivity index (χ4v) is 5.16. The van der Waals surface area contributed by atoms with E-state index in [0.717, 1.165) is 31.2 Å². The van der Waals surface area contributed by atoms with Gasteiger partial charge in [0.15, 0.2) is 0 Å². The van der Waals surface area contributed by atoms with Crippen LogP contribution in [-0.2, 0) is 12.6 Å². The first-order valence-corrected chi connectivity index (χ1v) is 14.1. The normalized spacial score (nSPS) is 15.3. The number of pyridine rings is 1. The second-order valence-electron chi connectivity index (χ2n) is 10.8. The molecule has 5 rings (SSSR count). The Bertz CT molecular complexity index is 1680. The van der Waals surface area contributed by atoms with E-state index < -0.39 is 29.0 Å². The van der Waals surface area contributed by atoms with Gasteiger partial charge in [-0.2, -0.15) is 13.2 Å². The Labute approximate surface area is 252 Å². The summed E-state index contributed by atoms with van der Waals surface area (Å²) in [5, 5.41) is 2.53. The molecule has 0 radical (unpaired) electrons. The van der Waals surface area contributed by atoms with E-state index in [1.165, 1.54) is 18.3 Å². The summed E-state index contributed by atoms with van der Waals surface area (Å²) < 4.78 is 62.3. The van der Waals surface area contributed by atoms with Crippen LogP contribution in [0.1, 0.15) is 40.7 Å². The van der Waals surface area contributed by atoms with Crippen LogP contribution in [0.2, 0.25) is 0 Å². The van der Waals surface area contributed by atoms with Crippen LogP contribution < -0.4 is 15.0 Å². The fourth-order valence-electron chi connectivity index (χ4n) is 5.16. The average molecular weight is 609 g/mol. The second kappa shape index (κ2) is 12.6. The lowest BCUT2D eigenvalue weighted by molar-refractivity contribution is -0.137. The van der Waals surface area contributed by atoms with E-state index in [0.29, 0.717) is 41.3 Å². The van der Waals surface area contributed by atoms with Gasteiger partial charge in [-0.15, -0.1) is 0 Å². The highest BCUT2D eigenvalue weighted by atomic mass is 19.4. The van der Waals surface area contributed by atoms with Crippen LogP contribution in [0.3, 0.4) is 0 Å². The van der Waals surface area contributed by atoms with Crippen molar-refractivity contribution in [1.29, 1.82) is 0 Å². The molecule has 2 aromatic heterocycles. The summed E-state index contributed by atoms with van der Waals surface area (Å²) in [5.74, 6) is -0.811. The molecule has 1 saturated heterocycles. The minimum absolute atomic E-state index is 0.0272. The molecular weight excluding hydrogens is 576 g/mol. The smallest absolute Gasteiger partial charge is 0.416 e. The minimum Gasteiger partial charge on any atom is -0.438 e. The van der Waals surface area contributed by atoms with Crippen LogP contribution >= 0.6 is 0 Å². The number of ether oxygens (including phenoxy) is 1. The van der Waals surface area contributed by atoms with Crippen molar-refractivity contribution in [2.75, 3.05) is 37.4 Å². The van der Waals surface area contributed by atoms with Gasteiger partial charge in [-0.1, -0.05) is 6.92 Å². The van der Waals surface area contributed by atoms with E-state index >= 15 is 4.39 Å². The van der Waals surface area contributed by atoms with Gasteiger partial charge in [0.25, 0.3) is 5.91 Å². The molecule has 1 fully saturated rings. The standard InChI is InChI=1S/C32H32F4N6O2/c1-5-29-37-13-10-25(39-29)22-7-6-12-38-31(22)44-28-17-23(24(33)15-19(28)2)30(43)40-26-16-20(32(34,35)36)8-9-27(26)42(4)21-11-14-41(3)18-21/h6-10,12-13,15-17,21H,5,11,14,18H2,1-4H3,(H,40,43)/t21-/m1/s1. The molecule has 4 aromatic rings. The molecule has 0 saturated carbocycles. The highest BCUT2D eigenvalue weighted by Gasteiger charge is 2.33. The monoisotopic (exact) mass is 608 g/mol. The molecular formula is C32H32F4N6O2. The van der Waals surface area contributed by atoms with Gasteiger partial charge in [-0.3, -0.25) is 4.79 Å². The van der Waals surface area contributed by atoms with Crippen molar-refractivity contribution >= 4 is 17.3 Å². The first kappa shape index (κ1) is 30.9. The zero-order chi connectivity index (χ0) is 31.6. The predicted molar refractivity (Wildman–Crippen MR) is 160 cm³/mol. The van der Waals surface area contributed by atoms with Crippen molar-refractivity contribution in [3.8, 4) is 22.9 Å². The molecule has 1 N–H and O–H groups in total. The highest BCUT2D eigenvalue weighted by molar-refractivity contribution is 6.06. The van der Waals surface area contributed by atoms with Crippen molar-refractivity contribution in [2.24, 2.45) is 0 Å². The van der Waals surface area contributed by atoms with Crippen molar-refractivity contribution in [3.63, 3.8) is 0 Å². The number of likely N-dealkylation sites (tertiary alicyclic amines) is 1. The number of hydrogen-bond donors (Lipinski definition) is 1. The summed E-state index contributed by atoms with van der Waals surface area (Å²) >= 11 is 0. The third-order valence-corrected chi connectivity index (χ3v) is 7.65. The van der Waals surface area contributed by atoms with E-state index in [4.69, 9.17) is 4.74 Å². The van der Waals surface area contributed by atoms with Crippen LogP contribution in [0.4, 0.5) is 28.9 Å². The van der Waals surface area contributed by atoms with Gasteiger partial charge in [0, 0.05) is 38.4 Å². The summed E-state index contributed by atoms with van der Waals surface area (Å²) in [5.41, 5.74) is 0.515. The number of benzene rings is 2. The van der Waals surface area contributed by atoms with Crippen LogP contribution in [0.25, 0.3) is 11.3 Å². The van der Waals surface area contributed by atoms with Crippen LogP contribution in [0, 0.1) is 12.7 Å².